The summed E-state index contributed by atoms with van der Waals surface area (Å²) in [6.07, 6.45) is 3.24. The van der Waals surface area contributed by atoms with E-state index in [9.17, 15) is 5.11 Å². The zero-order valence-electron chi connectivity index (χ0n) is 7.61. The lowest BCUT2D eigenvalue weighted by molar-refractivity contribution is -0.00258. The predicted molar refractivity (Wildman–Crippen MR) is 47.7 cm³/mol. The van der Waals surface area contributed by atoms with E-state index in [4.69, 9.17) is 5.73 Å². The molecule has 2 rings (SSSR count). The lowest BCUT2D eigenvalue weighted by Crippen LogP contribution is -2.51. The molecule has 0 amide bonds. The van der Waals surface area contributed by atoms with E-state index in [1.165, 1.54) is 12.8 Å². The summed E-state index contributed by atoms with van der Waals surface area (Å²) in [7, 11) is 2.16. The molecule has 0 aromatic rings. The molecule has 4 unspecified atom stereocenters. The van der Waals surface area contributed by atoms with Crippen LogP contribution in [0.25, 0.3) is 0 Å². The van der Waals surface area contributed by atoms with Crippen LogP contribution >= 0.6 is 0 Å². The van der Waals surface area contributed by atoms with Crippen LogP contribution in [0.3, 0.4) is 0 Å². The third-order valence-corrected chi connectivity index (χ3v) is 3.67. The summed E-state index contributed by atoms with van der Waals surface area (Å²) in [5.74, 6) is 0.314. The maximum atomic E-state index is 9.76. The second-order valence-corrected chi connectivity index (χ2v) is 4.17. The molecule has 0 radical (unpaired) electrons. The molecule has 0 aromatic heterocycles. The smallest absolute Gasteiger partial charge is 0.0610 e. The Bertz CT molecular complexity index is 174. The van der Waals surface area contributed by atoms with Crippen LogP contribution in [-0.2, 0) is 0 Å². The first-order chi connectivity index (χ1) is 5.74. The number of hydrogen-bond donors (Lipinski definition) is 2. The summed E-state index contributed by atoms with van der Waals surface area (Å²) >= 11 is 0. The van der Waals surface area contributed by atoms with Gasteiger partial charge in [0.2, 0.25) is 0 Å². The van der Waals surface area contributed by atoms with E-state index in [1.807, 2.05) is 0 Å². The van der Waals surface area contributed by atoms with Crippen molar-refractivity contribution in [2.75, 3.05) is 13.6 Å². The van der Waals surface area contributed by atoms with Gasteiger partial charge in [-0.3, -0.25) is 4.90 Å². The van der Waals surface area contributed by atoms with Crippen molar-refractivity contribution in [1.82, 2.24) is 4.90 Å². The zero-order valence-corrected chi connectivity index (χ0v) is 7.61. The van der Waals surface area contributed by atoms with Gasteiger partial charge >= 0.3 is 0 Å². The highest BCUT2D eigenvalue weighted by Gasteiger charge is 2.43. The normalized spacial score (nSPS) is 48.2. The van der Waals surface area contributed by atoms with Crippen molar-refractivity contribution >= 4 is 0 Å². The highest BCUT2D eigenvalue weighted by molar-refractivity contribution is 4.98. The molecular formula is C9H18N2O. The van der Waals surface area contributed by atoms with E-state index >= 15 is 0 Å². The molecule has 70 valence electrons. The molecule has 2 saturated heterocycles. The van der Waals surface area contributed by atoms with Gasteiger partial charge in [-0.05, 0) is 32.9 Å². The van der Waals surface area contributed by atoms with E-state index in [-0.39, 0.29) is 6.10 Å². The molecule has 0 aromatic carbocycles. The minimum absolute atomic E-state index is 0.149. The summed E-state index contributed by atoms with van der Waals surface area (Å²) in [5.41, 5.74) is 5.65. The molecule has 2 fully saturated rings. The van der Waals surface area contributed by atoms with Gasteiger partial charge in [-0.15, -0.1) is 0 Å². The molecule has 3 N–H and O–H groups in total. The molecule has 0 spiro atoms. The quantitative estimate of drug-likeness (QED) is 0.572. The van der Waals surface area contributed by atoms with Crippen LogP contribution in [0.5, 0.6) is 0 Å². The Kier molecular flexibility index (Phi) is 2.10. The zero-order chi connectivity index (χ0) is 8.72. The standard InChI is InChI=1S/C9H18N2O/c1-11-6-2-3-8(11)7(5-10)9(12)4-6/h6-9,12H,2-5,10H2,1H3. The lowest BCUT2D eigenvalue weighted by atomic mass is 9.88. The van der Waals surface area contributed by atoms with Crippen molar-refractivity contribution in [3.05, 3.63) is 0 Å². The molecule has 3 heteroatoms. The first-order valence-electron chi connectivity index (χ1n) is 4.84. The fraction of sp³-hybridized carbons (Fsp3) is 1.00. The topological polar surface area (TPSA) is 49.5 Å². The fourth-order valence-corrected chi connectivity index (χ4v) is 2.87. The van der Waals surface area contributed by atoms with Crippen molar-refractivity contribution in [3.8, 4) is 0 Å². The molecule has 2 aliphatic heterocycles. The van der Waals surface area contributed by atoms with Gasteiger partial charge in [0, 0.05) is 18.0 Å². The Hall–Kier alpha value is -0.120. The molecule has 4 atom stereocenters. The first-order valence-corrected chi connectivity index (χ1v) is 4.84. The highest BCUT2D eigenvalue weighted by atomic mass is 16.3. The van der Waals surface area contributed by atoms with E-state index in [1.54, 1.807) is 0 Å². The van der Waals surface area contributed by atoms with E-state index < -0.39 is 0 Å². The number of aliphatic hydroxyl groups is 1. The van der Waals surface area contributed by atoms with Crippen LogP contribution in [0.2, 0.25) is 0 Å². The van der Waals surface area contributed by atoms with Crippen LogP contribution in [0.15, 0.2) is 0 Å². The Morgan fingerprint density at radius 3 is 2.92 bits per heavy atom. The van der Waals surface area contributed by atoms with Crippen LogP contribution in [-0.4, -0.2) is 41.8 Å². The second-order valence-electron chi connectivity index (χ2n) is 4.17. The Balaban J connectivity index is 2.14. The van der Waals surface area contributed by atoms with Crippen molar-refractivity contribution in [2.24, 2.45) is 11.7 Å². The minimum Gasteiger partial charge on any atom is -0.393 e. The SMILES string of the molecule is CN1C2CCC1C(CN)C(O)C2. The van der Waals surface area contributed by atoms with Gasteiger partial charge in [-0.1, -0.05) is 0 Å². The number of piperidine rings is 1. The van der Waals surface area contributed by atoms with Crippen LogP contribution in [0.1, 0.15) is 19.3 Å². The summed E-state index contributed by atoms with van der Waals surface area (Å²) in [6.45, 7) is 0.628. The predicted octanol–water partition coefficient (Wildman–Crippen LogP) is -0.211. The van der Waals surface area contributed by atoms with Crippen molar-refractivity contribution < 1.29 is 5.11 Å². The third-order valence-electron chi connectivity index (χ3n) is 3.67. The largest absolute Gasteiger partial charge is 0.393 e. The van der Waals surface area contributed by atoms with Gasteiger partial charge in [-0.25, -0.2) is 0 Å². The molecule has 12 heavy (non-hydrogen) atoms. The van der Waals surface area contributed by atoms with E-state index in [0.717, 1.165) is 6.42 Å². The molecule has 2 aliphatic rings. The monoisotopic (exact) mass is 170 g/mol. The van der Waals surface area contributed by atoms with E-state index in [2.05, 4.69) is 11.9 Å². The van der Waals surface area contributed by atoms with Crippen molar-refractivity contribution in [3.63, 3.8) is 0 Å². The Labute approximate surface area is 73.5 Å². The second kappa shape index (κ2) is 2.98. The number of rotatable bonds is 1. The Morgan fingerprint density at radius 2 is 2.25 bits per heavy atom. The van der Waals surface area contributed by atoms with E-state index in [0.29, 0.717) is 24.5 Å². The molecule has 3 nitrogen and oxygen atoms in total. The summed E-state index contributed by atoms with van der Waals surface area (Å²) in [4.78, 5) is 2.41. The summed E-state index contributed by atoms with van der Waals surface area (Å²) in [5, 5.41) is 9.76. The lowest BCUT2D eigenvalue weighted by Gasteiger charge is -2.40. The number of aliphatic hydroxyl groups excluding tert-OH is 1. The maximum absolute atomic E-state index is 9.76. The van der Waals surface area contributed by atoms with Crippen LogP contribution in [0.4, 0.5) is 0 Å². The van der Waals surface area contributed by atoms with Crippen LogP contribution < -0.4 is 5.73 Å². The van der Waals surface area contributed by atoms with Crippen molar-refractivity contribution in [2.45, 2.75) is 37.5 Å². The first kappa shape index (κ1) is 8.48. The average Bonchev–Trinajstić information content (AvgIpc) is 2.34. The number of fused-ring (bicyclic) bond motifs is 2. The molecule has 2 heterocycles. The highest BCUT2D eigenvalue weighted by Crippen LogP contribution is 2.37. The maximum Gasteiger partial charge on any atom is 0.0610 e. The number of nitrogens with zero attached hydrogens (tertiary/aromatic N) is 1. The third kappa shape index (κ3) is 1.08. The summed E-state index contributed by atoms with van der Waals surface area (Å²) in [6, 6.07) is 1.16. The number of nitrogens with two attached hydrogens (primary N) is 1. The van der Waals surface area contributed by atoms with Crippen LogP contribution in [0, 0.1) is 5.92 Å². The Morgan fingerprint density at radius 1 is 1.50 bits per heavy atom. The van der Waals surface area contributed by atoms with Gasteiger partial charge in [0.1, 0.15) is 0 Å². The van der Waals surface area contributed by atoms with Gasteiger partial charge < -0.3 is 10.8 Å². The van der Waals surface area contributed by atoms with Gasteiger partial charge in [0.25, 0.3) is 0 Å². The number of hydrogen-bond acceptors (Lipinski definition) is 3. The van der Waals surface area contributed by atoms with Gasteiger partial charge in [0.05, 0.1) is 6.10 Å². The average molecular weight is 170 g/mol. The molecule has 0 saturated carbocycles. The molecular weight excluding hydrogens is 152 g/mol. The van der Waals surface area contributed by atoms with Gasteiger partial charge in [-0.2, -0.15) is 0 Å². The van der Waals surface area contributed by atoms with Gasteiger partial charge in [0.15, 0.2) is 0 Å². The molecule has 2 bridgehead atoms. The summed E-state index contributed by atoms with van der Waals surface area (Å²) < 4.78 is 0. The molecule has 0 aliphatic carbocycles. The van der Waals surface area contributed by atoms with Crippen molar-refractivity contribution in [1.29, 1.82) is 0 Å². The minimum atomic E-state index is -0.149. The fourth-order valence-electron chi connectivity index (χ4n) is 2.87.